The Morgan fingerprint density at radius 1 is 1.29 bits per heavy atom. The van der Waals surface area contributed by atoms with Crippen molar-refractivity contribution in [3.63, 3.8) is 0 Å². The van der Waals surface area contributed by atoms with Crippen LogP contribution >= 0.6 is 11.3 Å². The summed E-state index contributed by atoms with van der Waals surface area (Å²) in [5.74, 6) is 0. The van der Waals surface area contributed by atoms with Gasteiger partial charge in [0, 0.05) is 25.0 Å². The Morgan fingerprint density at radius 2 is 1.86 bits per heavy atom. The molecular weight excluding hydrogens is 198 g/mol. The minimum Gasteiger partial charge on any atom is -0.350 e. The minimum absolute atomic E-state index is 0.0922. The molecule has 0 saturated carbocycles. The predicted molar refractivity (Wildman–Crippen MR) is 57.6 cm³/mol. The summed E-state index contributed by atoms with van der Waals surface area (Å²) in [4.78, 5) is 4.49. The van der Waals surface area contributed by atoms with Gasteiger partial charge in [0.05, 0.1) is 5.01 Å². The van der Waals surface area contributed by atoms with E-state index in [0.29, 0.717) is 0 Å². The number of thiazole rings is 1. The summed E-state index contributed by atoms with van der Waals surface area (Å²) in [5.41, 5.74) is 0.944. The average Bonchev–Trinajstić information content (AvgIpc) is 2.54. The summed E-state index contributed by atoms with van der Waals surface area (Å²) in [6, 6.07) is 0. The zero-order valence-corrected chi connectivity index (χ0v) is 10.1. The van der Waals surface area contributed by atoms with Gasteiger partial charge in [-0.05, 0) is 0 Å². The van der Waals surface area contributed by atoms with Crippen molar-refractivity contribution in [1.29, 1.82) is 0 Å². The number of hydrogen-bond donors (Lipinski definition) is 0. The van der Waals surface area contributed by atoms with E-state index in [1.807, 2.05) is 5.38 Å². The molecule has 1 rings (SSSR count). The smallest absolute Gasteiger partial charge is 0.201 e. The fraction of sp³-hybridized carbons (Fsp3) is 0.700. The molecule has 0 spiro atoms. The molecular formula is C10H17NO2S. The van der Waals surface area contributed by atoms with E-state index in [1.165, 1.54) is 0 Å². The summed E-state index contributed by atoms with van der Waals surface area (Å²) >= 11 is 1.64. The monoisotopic (exact) mass is 215 g/mol. The quantitative estimate of drug-likeness (QED) is 0.726. The molecule has 0 radical (unpaired) electrons. The molecule has 0 atom stereocenters. The third kappa shape index (κ3) is 2.53. The highest BCUT2D eigenvalue weighted by atomic mass is 32.1. The van der Waals surface area contributed by atoms with Crippen LogP contribution in [0.15, 0.2) is 5.38 Å². The van der Waals surface area contributed by atoms with E-state index in [9.17, 15) is 0 Å². The van der Waals surface area contributed by atoms with Crippen molar-refractivity contribution in [2.75, 3.05) is 14.2 Å². The molecule has 0 unspecified atom stereocenters. The van der Waals surface area contributed by atoms with E-state index in [2.05, 4.69) is 25.8 Å². The van der Waals surface area contributed by atoms with Gasteiger partial charge in [0.2, 0.25) is 6.29 Å². The molecule has 0 aliphatic heterocycles. The maximum Gasteiger partial charge on any atom is 0.201 e. The van der Waals surface area contributed by atoms with Crippen LogP contribution in [0.3, 0.4) is 0 Å². The molecule has 0 aromatic carbocycles. The molecule has 0 fully saturated rings. The van der Waals surface area contributed by atoms with Gasteiger partial charge in [0.1, 0.15) is 5.69 Å². The number of nitrogens with zero attached hydrogens (tertiary/aromatic N) is 1. The van der Waals surface area contributed by atoms with Crippen LogP contribution in [0.1, 0.15) is 37.8 Å². The molecule has 0 amide bonds. The summed E-state index contributed by atoms with van der Waals surface area (Å²) < 4.78 is 10.3. The van der Waals surface area contributed by atoms with Gasteiger partial charge in [-0.3, -0.25) is 0 Å². The molecule has 14 heavy (non-hydrogen) atoms. The summed E-state index contributed by atoms with van der Waals surface area (Å²) in [6.07, 6.45) is -0.345. The second kappa shape index (κ2) is 4.38. The van der Waals surface area contributed by atoms with Crippen LogP contribution in [0, 0.1) is 0 Å². The van der Waals surface area contributed by atoms with Gasteiger partial charge in [-0.1, -0.05) is 20.8 Å². The average molecular weight is 215 g/mol. The Hall–Kier alpha value is -0.450. The fourth-order valence-electron chi connectivity index (χ4n) is 1.08. The summed E-state index contributed by atoms with van der Waals surface area (Å²) in [5, 5.41) is 3.09. The molecule has 0 saturated heterocycles. The normalized spacial score (nSPS) is 12.4. The summed E-state index contributed by atoms with van der Waals surface area (Å²) in [7, 11) is 3.23. The maximum absolute atomic E-state index is 5.13. The lowest BCUT2D eigenvalue weighted by atomic mass is 9.98. The molecule has 0 aliphatic rings. The fourth-order valence-corrected chi connectivity index (χ4v) is 1.98. The third-order valence-electron chi connectivity index (χ3n) is 1.83. The van der Waals surface area contributed by atoms with Crippen LogP contribution in [0.5, 0.6) is 0 Å². The lowest BCUT2D eigenvalue weighted by Crippen LogP contribution is -2.11. The first-order valence-corrected chi connectivity index (χ1v) is 5.38. The molecule has 1 aromatic heterocycles. The molecule has 1 heterocycles. The topological polar surface area (TPSA) is 31.4 Å². The van der Waals surface area contributed by atoms with Crippen LogP contribution < -0.4 is 0 Å². The molecule has 0 bridgehead atoms. The predicted octanol–water partition coefficient (Wildman–Crippen LogP) is 2.73. The first-order chi connectivity index (χ1) is 6.49. The zero-order valence-electron chi connectivity index (χ0n) is 9.33. The Balaban J connectivity index is 2.87. The highest BCUT2D eigenvalue weighted by Crippen LogP contribution is 2.28. The van der Waals surface area contributed by atoms with Gasteiger partial charge in [-0.25, -0.2) is 4.98 Å². The van der Waals surface area contributed by atoms with Crippen molar-refractivity contribution in [2.45, 2.75) is 32.5 Å². The van der Waals surface area contributed by atoms with E-state index in [4.69, 9.17) is 9.47 Å². The Bertz CT molecular complexity index is 287. The van der Waals surface area contributed by atoms with E-state index in [0.717, 1.165) is 10.7 Å². The van der Waals surface area contributed by atoms with Gasteiger partial charge in [0.15, 0.2) is 0 Å². The highest BCUT2D eigenvalue weighted by molar-refractivity contribution is 7.09. The molecule has 0 aliphatic carbocycles. The molecule has 0 N–H and O–H groups in total. The van der Waals surface area contributed by atoms with E-state index in [1.54, 1.807) is 25.6 Å². The van der Waals surface area contributed by atoms with Gasteiger partial charge in [-0.2, -0.15) is 0 Å². The van der Waals surface area contributed by atoms with Gasteiger partial charge < -0.3 is 9.47 Å². The standard InChI is InChI=1S/C10H17NO2S/c1-10(2,3)9-11-7(6-14-9)8(12-4)13-5/h6,8H,1-5H3. The molecule has 1 aromatic rings. The Morgan fingerprint density at radius 3 is 2.21 bits per heavy atom. The SMILES string of the molecule is COC(OC)c1csc(C(C)(C)C)n1. The molecule has 80 valence electrons. The van der Waals surface area contributed by atoms with E-state index >= 15 is 0 Å². The van der Waals surface area contributed by atoms with Crippen LogP contribution in [-0.4, -0.2) is 19.2 Å². The number of rotatable bonds is 3. The first-order valence-electron chi connectivity index (χ1n) is 4.50. The van der Waals surface area contributed by atoms with Crippen LogP contribution in [-0.2, 0) is 14.9 Å². The highest BCUT2D eigenvalue weighted by Gasteiger charge is 2.20. The zero-order chi connectivity index (χ0) is 10.8. The number of aromatic nitrogens is 1. The van der Waals surface area contributed by atoms with Crippen molar-refractivity contribution in [1.82, 2.24) is 4.98 Å². The first kappa shape index (κ1) is 11.6. The van der Waals surface area contributed by atoms with E-state index in [-0.39, 0.29) is 11.7 Å². The van der Waals surface area contributed by atoms with Crippen LogP contribution in [0.4, 0.5) is 0 Å². The third-order valence-corrected chi connectivity index (χ3v) is 3.12. The van der Waals surface area contributed by atoms with Crippen molar-refractivity contribution >= 4 is 11.3 Å². The summed E-state index contributed by atoms with van der Waals surface area (Å²) in [6.45, 7) is 6.43. The van der Waals surface area contributed by atoms with Crippen molar-refractivity contribution < 1.29 is 9.47 Å². The largest absolute Gasteiger partial charge is 0.350 e. The number of ether oxygens (including phenoxy) is 2. The van der Waals surface area contributed by atoms with Crippen molar-refractivity contribution in [2.24, 2.45) is 0 Å². The van der Waals surface area contributed by atoms with Crippen LogP contribution in [0.2, 0.25) is 0 Å². The number of methoxy groups -OCH3 is 2. The lowest BCUT2D eigenvalue weighted by molar-refractivity contribution is -0.108. The second-order valence-electron chi connectivity index (χ2n) is 4.13. The molecule has 3 nitrogen and oxygen atoms in total. The van der Waals surface area contributed by atoms with Crippen molar-refractivity contribution in [3.05, 3.63) is 16.1 Å². The maximum atomic E-state index is 5.13. The Labute approximate surface area is 89.1 Å². The second-order valence-corrected chi connectivity index (χ2v) is 4.99. The van der Waals surface area contributed by atoms with Gasteiger partial charge in [0.25, 0.3) is 0 Å². The molecule has 4 heteroatoms. The van der Waals surface area contributed by atoms with E-state index < -0.39 is 0 Å². The lowest BCUT2D eigenvalue weighted by Gasteiger charge is -2.14. The van der Waals surface area contributed by atoms with Crippen LogP contribution in [0.25, 0.3) is 0 Å². The number of hydrogen-bond acceptors (Lipinski definition) is 4. The van der Waals surface area contributed by atoms with Crippen molar-refractivity contribution in [3.8, 4) is 0 Å². The minimum atomic E-state index is -0.345. The Kier molecular flexibility index (Phi) is 3.64. The van der Waals surface area contributed by atoms with Gasteiger partial charge >= 0.3 is 0 Å². The van der Waals surface area contributed by atoms with Gasteiger partial charge in [-0.15, -0.1) is 11.3 Å².